The molecule has 0 aromatic heterocycles. The van der Waals surface area contributed by atoms with Crippen LogP contribution in [0.2, 0.25) is 0 Å². The van der Waals surface area contributed by atoms with E-state index in [0.29, 0.717) is 12.8 Å². The minimum atomic E-state index is -3.47. The van der Waals surface area contributed by atoms with Crippen LogP contribution >= 0.6 is 0 Å². The Bertz CT molecular complexity index is 423. The van der Waals surface area contributed by atoms with Gasteiger partial charge in [-0.05, 0) is 12.8 Å². The zero-order valence-corrected chi connectivity index (χ0v) is 16.7. The van der Waals surface area contributed by atoms with E-state index in [2.05, 4.69) is 13.8 Å². The van der Waals surface area contributed by atoms with Crippen molar-refractivity contribution in [1.29, 1.82) is 0 Å². The van der Waals surface area contributed by atoms with Gasteiger partial charge in [-0.3, -0.25) is 0 Å². The van der Waals surface area contributed by atoms with E-state index < -0.39 is 24.8 Å². The Morgan fingerprint density at radius 2 is 0.783 bits per heavy atom. The average Bonchev–Trinajstić information content (AvgIpc) is 2.45. The van der Waals surface area contributed by atoms with E-state index in [9.17, 15) is 16.8 Å². The summed E-state index contributed by atoms with van der Waals surface area (Å²) in [7, 11) is -6.94. The Morgan fingerprint density at radius 3 is 1.13 bits per heavy atom. The Labute approximate surface area is 144 Å². The van der Waals surface area contributed by atoms with E-state index in [4.69, 9.17) is 0 Å². The molecule has 0 spiro atoms. The van der Waals surface area contributed by atoms with Gasteiger partial charge in [-0.2, -0.15) is 0 Å². The Morgan fingerprint density at radius 1 is 0.478 bits per heavy atom. The SMILES string of the molecule is CCCCCCCCS(=O)(=O)CS(=O)(=O)CCCCCCCC. The third-order valence-electron chi connectivity index (χ3n) is 3.98. The second kappa shape index (κ2) is 13.2. The van der Waals surface area contributed by atoms with Gasteiger partial charge in [-0.15, -0.1) is 0 Å². The second-order valence-corrected chi connectivity index (χ2v) is 11.3. The first kappa shape index (κ1) is 22.9. The molecule has 0 atom stereocenters. The van der Waals surface area contributed by atoms with E-state index in [0.717, 1.165) is 51.4 Å². The fraction of sp³-hybridized carbons (Fsp3) is 1.00. The van der Waals surface area contributed by atoms with Crippen molar-refractivity contribution in [2.24, 2.45) is 0 Å². The molecule has 6 heteroatoms. The fourth-order valence-electron chi connectivity index (χ4n) is 2.60. The van der Waals surface area contributed by atoms with Gasteiger partial charge in [0.05, 0.1) is 11.5 Å². The van der Waals surface area contributed by atoms with Crippen LogP contribution in [0.3, 0.4) is 0 Å². The molecule has 0 unspecified atom stereocenters. The molecule has 0 N–H and O–H groups in total. The molecule has 23 heavy (non-hydrogen) atoms. The van der Waals surface area contributed by atoms with Gasteiger partial charge < -0.3 is 0 Å². The number of hydrogen-bond acceptors (Lipinski definition) is 4. The maximum atomic E-state index is 11.9. The summed E-state index contributed by atoms with van der Waals surface area (Å²) in [6, 6.07) is 0. The van der Waals surface area contributed by atoms with Gasteiger partial charge in [-0.25, -0.2) is 16.8 Å². The van der Waals surface area contributed by atoms with E-state index >= 15 is 0 Å². The highest BCUT2D eigenvalue weighted by molar-refractivity contribution is 8.08. The molecule has 0 aliphatic rings. The van der Waals surface area contributed by atoms with Crippen LogP contribution in [0.1, 0.15) is 90.9 Å². The van der Waals surface area contributed by atoms with Gasteiger partial charge in [0.2, 0.25) is 0 Å². The lowest BCUT2D eigenvalue weighted by Crippen LogP contribution is -2.21. The summed E-state index contributed by atoms with van der Waals surface area (Å²) >= 11 is 0. The predicted molar refractivity (Wildman–Crippen MR) is 99.2 cm³/mol. The first-order valence-corrected chi connectivity index (χ1v) is 12.9. The molecule has 140 valence electrons. The molecule has 0 aromatic rings. The molecule has 0 bridgehead atoms. The average molecular weight is 369 g/mol. The van der Waals surface area contributed by atoms with Crippen LogP contribution < -0.4 is 0 Å². The number of rotatable bonds is 16. The van der Waals surface area contributed by atoms with Gasteiger partial charge in [-0.1, -0.05) is 78.1 Å². The smallest absolute Gasteiger partial charge is 0.164 e. The third-order valence-corrected chi connectivity index (χ3v) is 8.67. The summed E-state index contributed by atoms with van der Waals surface area (Å²) in [6.07, 6.45) is 11.9. The van der Waals surface area contributed by atoms with Gasteiger partial charge in [0, 0.05) is 0 Å². The number of sulfone groups is 2. The molecular formula is C17H36O4S2. The largest absolute Gasteiger partial charge is 0.228 e. The molecule has 0 rings (SSSR count). The predicted octanol–water partition coefficient (Wildman–Crippen LogP) is 4.49. The minimum absolute atomic E-state index is 0.00878. The fourth-order valence-corrected chi connectivity index (χ4v) is 7.02. The zero-order chi connectivity index (χ0) is 17.6. The molecule has 0 heterocycles. The minimum Gasteiger partial charge on any atom is -0.228 e. The lowest BCUT2D eigenvalue weighted by atomic mass is 10.1. The Hall–Kier alpha value is -0.100. The quantitative estimate of drug-likeness (QED) is 0.376. The van der Waals surface area contributed by atoms with Crippen molar-refractivity contribution in [3.05, 3.63) is 0 Å². The highest BCUT2D eigenvalue weighted by Crippen LogP contribution is 2.10. The van der Waals surface area contributed by atoms with Crippen LogP contribution in [0.25, 0.3) is 0 Å². The van der Waals surface area contributed by atoms with Crippen molar-refractivity contribution in [1.82, 2.24) is 0 Å². The van der Waals surface area contributed by atoms with Gasteiger partial charge in [0.25, 0.3) is 0 Å². The highest BCUT2D eigenvalue weighted by Gasteiger charge is 2.21. The molecule has 0 aliphatic heterocycles. The van der Waals surface area contributed by atoms with E-state index in [-0.39, 0.29) is 11.5 Å². The molecule has 0 aromatic carbocycles. The van der Waals surface area contributed by atoms with Crippen LogP contribution in [-0.4, -0.2) is 33.4 Å². The molecule has 0 saturated carbocycles. The zero-order valence-electron chi connectivity index (χ0n) is 15.1. The Balaban J connectivity index is 3.92. The molecule has 4 nitrogen and oxygen atoms in total. The van der Waals surface area contributed by atoms with E-state index in [1.165, 1.54) is 12.8 Å². The monoisotopic (exact) mass is 368 g/mol. The third kappa shape index (κ3) is 15.2. The van der Waals surface area contributed by atoms with Crippen LogP contribution in [-0.2, 0) is 19.7 Å². The lowest BCUT2D eigenvalue weighted by molar-refractivity contribution is 0.577. The summed E-state index contributed by atoms with van der Waals surface area (Å²) < 4.78 is 47.7. The summed E-state index contributed by atoms with van der Waals surface area (Å²) in [5, 5.41) is -0.663. The maximum Gasteiger partial charge on any atom is 0.164 e. The van der Waals surface area contributed by atoms with Crippen molar-refractivity contribution in [2.75, 3.05) is 16.6 Å². The topological polar surface area (TPSA) is 68.3 Å². The maximum absolute atomic E-state index is 11.9. The normalized spacial score (nSPS) is 12.6. The van der Waals surface area contributed by atoms with E-state index in [1.54, 1.807) is 0 Å². The van der Waals surface area contributed by atoms with Gasteiger partial charge >= 0.3 is 0 Å². The standard InChI is InChI=1S/C17H36O4S2/c1-3-5-7-9-11-13-15-22(18,19)17-23(20,21)16-14-12-10-8-6-4-2/h3-17H2,1-2H3. The summed E-state index contributed by atoms with van der Waals surface area (Å²) in [4.78, 5) is 0. The number of hydrogen-bond donors (Lipinski definition) is 0. The van der Waals surface area contributed by atoms with Crippen molar-refractivity contribution < 1.29 is 16.8 Å². The highest BCUT2D eigenvalue weighted by atomic mass is 32.3. The second-order valence-electron chi connectivity index (χ2n) is 6.55. The summed E-state index contributed by atoms with van der Waals surface area (Å²) in [5.41, 5.74) is 0. The van der Waals surface area contributed by atoms with Crippen molar-refractivity contribution in [3.63, 3.8) is 0 Å². The van der Waals surface area contributed by atoms with Crippen LogP contribution in [0.4, 0.5) is 0 Å². The molecular weight excluding hydrogens is 332 g/mol. The Kier molecular flexibility index (Phi) is 13.2. The first-order chi connectivity index (χ1) is 10.8. The lowest BCUT2D eigenvalue weighted by Gasteiger charge is -2.06. The van der Waals surface area contributed by atoms with E-state index in [1.807, 2.05) is 0 Å². The van der Waals surface area contributed by atoms with Crippen molar-refractivity contribution in [3.8, 4) is 0 Å². The van der Waals surface area contributed by atoms with Gasteiger partial charge in [0.1, 0.15) is 0 Å². The molecule has 0 aliphatic carbocycles. The van der Waals surface area contributed by atoms with Crippen LogP contribution in [0.5, 0.6) is 0 Å². The molecule has 0 amide bonds. The molecule has 0 radical (unpaired) electrons. The summed E-state index contributed by atoms with van der Waals surface area (Å²) in [6.45, 7) is 4.28. The number of unbranched alkanes of at least 4 members (excludes halogenated alkanes) is 10. The van der Waals surface area contributed by atoms with Crippen molar-refractivity contribution in [2.45, 2.75) is 90.9 Å². The van der Waals surface area contributed by atoms with Gasteiger partial charge in [0.15, 0.2) is 24.8 Å². The molecule has 0 fully saturated rings. The van der Waals surface area contributed by atoms with Crippen LogP contribution in [0, 0.1) is 0 Å². The summed E-state index contributed by atoms with van der Waals surface area (Å²) in [5.74, 6) is 0.0176. The van der Waals surface area contributed by atoms with Crippen LogP contribution in [0.15, 0.2) is 0 Å². The first-order valence-electron chi connectivity index (χ1n) is 9.24. The van der Waals surface area contributed by atoms with Crippen molar-refractivity contribution >= 4 is 19.7 Å². The molecule has 0 saturated heterocycles.